The maximum atomic E-state index is 11.9. The molecule has 0 fully saturated rings. The van der Waals surface area contributed by atoms with E-state index in [-0.39, 0.29) is 21.7 Å². The van der Waals surface area contributed by atoms with Gasteiger partial charge >= 0.3 is 21.7 Å². The Kier molecular flexibility index (Phi) is 14.2. The van der Waals surface area contributed by atoms with Crippen molar-refractivity contribution in [3.8, 4) is 0 Å². The SMILES string of the molecule is Cc1cc[c-](C)c1.Cc1cc[c-](C)c1.Fc1[c-]c(F)ccc1.Fc1[c-]c(F)ccc1.[Ti+4]. The van der Waals surface area contributed by atoms with E-state index in [9.17, 15) is 17.6 Å². The fourth-order valence-corrected chi connectivity index (χ4v) is 2.27. The monoisotopic (exact) mass is 460 g/mol. The Bertz CT molecular complexity index is 853. The van der Waals surface area contributed by atoms with E-state index >= 15 is 0 Å². The zero-order chi connectivity index (χ0) is 22.5. The minimum Gasteiger partial charge on any atom is -0.236 e. The zero-order valence-corrected chi connectivity index (χ0v) is 19.5. The van der Waals surface area contributed by atoms with Gasteiger partial charge < -0.3 is 0 Å². The second kappa shape index (κ2) is 15.4. The summed E-state index contributed by atoms with van der Waals surface area (Å²) in [6.45, 7) is 8.42. The third kappa shape index (κ3) is 14.3. The van der Waals surface area contributed by atoms with Crippen molar-refractivity contribution in [2.75, 3.05) is 0 Å². The van der Waals surface area contributed by atoms with Gasteiger partial charge in [0.15, 0.2) is 0 Å². The molecule has 0 nitrogen and oxygen atoms in total. The summed E-state index contributed by atoms with van der Waals surface area (Å²) in [5.41, 5.74) is 5.44. The molecule has 0 radical (unpaired) electrons. The molecule has 4 aromatic rings. The van der Waals surface area contributed by atoms with Gasteiger partial charge in [-0.1, -0.05) is 27.7 Å². The Morgan fingerprint density at radius 3 is 0.968 bits per heavy atom. The fraction of sp³-hybridized carbons (Fsp3) is 0.154. The van der Waals surface area contributed by atoms with Crippen LogP contribution in [0.5, 0.6) is 0 Å². The molecule has 0 saturated carbocycles. The average molecular weight is 460 g/mol. The largest absolute Gasteiger partial charge is 4.00 e. The van der Waals surface area contributed by atoms with E-state index in [1.165, 1.54) is 34.4 Å². The van der Waals surface area contributed by atoms with Crippen LogP contribution >= 0.6 is 0 Å². The first-order valence-corrected chi connectivity index (χ1v) is 9.22. The molecule has 0 aliphatic rings. The van der Waals surface area contributed by atoms with Crippen molar-refractivity contribution in [1.29, 1.82) is 0 Å². The van der Waals surface area contributed by atoms with Crippen LogP contribution in [-0.2, 0) is 21.7 Å². The Morgan fingerprint density at radius 1 is 0.581 bits per heavy atom. The van der Waals surface area contributed by atoms with E-state index in [2.05, 4.69) is 64.1 Å². The Labute approximate surface area is 197 Å². The van der Waals surface area contributed by atoms with Crippen LogP contribution in [0.3, 0.4) is 0 Å². The van der Waals surface area contributed by atoms with Gasteiger partial charge in [0.2, 0.25) is 0 Å². The minimum atomic E-state index is -0.662. The van der Waals surface area contributed by atoms with Crippen molar-refractivity contribution >= 4 is 0 Å². The van der Waals surface area contributed by atoms with Crippen LogP contribution in [0.2, 0.25) is 0 Å². The molecule has 0 spiro atoms. The van der Waals surface area contributed by atoms with Crippen molar-refractivity contribution in [1.82, 2.24) is 0 Å². The fourth-order valence-electron chi connectivity index (χ4n) is 2.27. The molecule has 4 rings (SSSR count). The van der Waals surface area contributed by atoms with Crippen molar-refractivity contribution in [3.63, 3.8) is 0 Å². The molecule has 0 aliphatic heterocycles. The number of halogens is 4. The normalized spacial score (nSPS) is 9.03. The van der Waals surface area contributed by atoms with Gasteiger partial charge in [0.05, 0.1) is 0 Å². The van der Waals surface area contributed by atoms with Crippen LogP contribution in [0.4, 0.5) is 17.6 Å². The van der Waals surface area contributed by atoms with Crippen molar-refractivity contribution in [3.05, 3.63) is 130 Å². The Morgan fingerprint density at radius 2 is 0.871 bits per heavy atom. The van der Waals surface area contributed by atoms with Gasteiger partial charge in [-0.2, -0.15) is 47.5 Å². The first-order chi connectivity index (χ1) is 14.2. The minimum absolute atomic E-state index is 0. The topological polar surface area (TPSA) is 0 Å². The van der Waals surface area contributed by atoms with Crippen LogP contribution < -0.4 is 0 Å². The molecule has 0 atom stereocenters. The maximum Gasteiger partial charge on any atom is 4.00 e. The van der Waals surface area contributed by atoms with Gasteiger partial charge in [-0.05, 0) is 0 Å². The van der Waals surface area contributed by atoms with Crippen LogP contribution in [0, 0.1) is 63.1 Å². The van der Waals surface area contributed by atoms with Gasteiger partial charge in [-0.3, -0.25) is 0 Å². The smallest absolute Gasteiger partial charge is 0.236 e. The molecule has 4 aromatic carbocycles. The Hall–Kier alpha value is -2.43. The van der Waals surface area contributed by atoms with E-state index < -0.39 is 23.3 Å². The summed E-state index contributed by atoms with van der Waals surface area (Å²) >= 11 is 0. The van der Waals surface area contributed by atoms with Gasteiger partial charge in [-0.25, -0.2) is 40.8 Å². The average Bonchev–Trinajstić information content (AvgIpc) is 3.22. The zero-order valence-electron chi connectivity index (χ0n) is 17.9. The predicted molar refractivity (Wildman–Crippen MR) is 113 cm³/mol. The molecule has 0 unspecified atom stereocenters. The Balaban J connectivity index is 0.000000384. The third-order valence-electron chi connectivity index (χ3n) is 3.58. The van der Waals surface area contributed by atoms with Gasteiger partial charge in [0, 0.05) is 23.3 Å². The van der Waals surface area contributed by atoms with Gasteiger partial charge in [-0.15, -0.1) is 36.4 Å². The van der Waals surface area contributed by atoms with E-state index in [1.54, 1.807) is 0 Å². The second-order valence-corrected chi connectivity index (χ2v) is 6.62. The van der Waals surface area contributed by atoms with Crippen LogP contribution in [0.1, 0.15) is 22.3 Å². The summed E-state index contributed by atoms with van der Waals surface area (Å²) in [4.78, 5) is 0. The second-order valence-electron chi connectivity index (χ2n) is 6.62. The first kappa shape index (κ1) is 28.6. The molecule has 0 heterocycles. The third-order valence-corrected chi connectivity index (χ3v) is 3.58. The standard InChI is InChI=1S/2C7H9.2C6H3F2.Ti/c2*1-6-3-4-7(2)5-6;2*7-5-2-1-3-6(8)4-5;/h2*3-5H,1-2H3;2*1-3H;/q4*-1;+4. The molecule has 0 saturated heterocycles. The molecule has 0 bridgehead atoms. The van der Waals surface area contributed by atoms with Crippen LogP contribution in [-0.4, -0.2) is 0 Å². The number of rotatable bonds is 0. The van der Waals surface area contributed by atoms with Crippen LogP contribution in [0.15, 0.2) is 72.8 Å². The van der Waals surface area contributed by atoms with Crippen molar-refractivity contribution < 1.29 is 39.3 Å². The summed E-state index contributed by atoms with van der Waals surface area (Å²) in [6.07, 6.45) is 0. The number of aryl methyl sites for hydroxylation is 4. The van der Waals surface area contributed by atoms with E-state index in [4.69, 9.17) is 0 Å². The summed E-state index contributed by atoms with van der Waals surface area (Å²) in [7, 11) is 0. The van der Waals surface area contributed by atoms with Crippen molar-refractivity contribution in [2.45, 2.75) is 27.7 Å². The number of hydrogen-bond donors (Lipinski definition) is 0. The summed E-state index contributed by atoms with van der Waals surface area (Å²) < 4.78 is 47.5. The van der Waals surface area contributed by atoms with E-state index in [0.717, 1.165) is 24.3 Å². The van der Waals surface area contributed by atoms with Gasteiger partial charge in [0.25, 0.3) is 0 Å². The molecule has 31 heavy (non-hydrogen) atoms. The molecule has 0 aliphatic carbocycles. The molecular formula is C26H24F4Ti. The molecule has 0 aromatic heterocycles. The number of benzene rings is 2. The molecule has 5 heteroatoms. The van der Waals surface area contributed by atoms with E-state index in [1.807, 2.05) is 12.1 Å². The quantitative estimate of drug-likeness (QED) is 0.144. The summed E-state index contributed by atoms with van der Waals surface area (Å²) in [5, 5.41) is 0. The molecule has 0 amide bonds. The maximum absolute atomic E-state index is 11.9. The van der Waals surface area contributed by atoms with Crippen molar-refractivity contribution in [2.24, 2.45) is 0 Å². The summed E-state index contributed by atoms with van der Waals surface area (Å²) in [5.74, 6) is -2.65. The molecule has 0 N–H and O–H groups in total. The number of hydrogen-bond acceptors (Lipinski definition) is 0. The van der Waals surface area contributed by atoms with E-state index in [0.29, 0.717) is 0 Å². The molecular weight excluding hydrogens is 436 g/mol. The molecule has 160 valence electrons. The van der Waals surface area contributed by atoms with Crippen LogP contribution in [0.25, 0.3) is 0 Å². The summed E-state index contributed by atoms with van der Waals surface area (Å²) in [6, 6.07) is 23.6. The predicted octanol–water partition coefficient (Wildman–Crippen LogP) is 7.57. The first-order valence-electron chi connectivity index (χ1n) is 9.22. The van der Waals surface area contributed by atoms with Gasteiger partial charge in [0.1, 0.15) is 0 Å².